The summed E-state index contributed by atoms with van der Waals surface area (Å²) >= 11 is 0. The lowest BCUT2D eigenvalue weighted by Crippen LogP contribution is -2.39. The summed E-state index contributed by atoms with van der Waals surface area (Å²) in [5, 5.41) is 26.1. The van der Waals surface area contributed by atoms with Gasteiger partial charge in [0.15, 0.2) is 5.25 Å². The van der Waals surface area contributed by atoms with Gasteiger partial charge in [0, 0.05) is 25.9 Å². The molecule has 0 saturated heterocycles. The van der Waals surface area contributed by atoms with Crippen LogP contribution in [0.3, 0.4) is 0 Å². The molecule has 7 heteroatoms. The van der Waals surface area contributed by atoms with E-state index in [0.29, 0.717) is 32.4 Å². The van der Waals surface area contributed by atoms with Crippen LogP contribution in [0.5, 0.6) is 0 Å². The van der Waals surface area contributed by atoms with Crippen molar-refractivity contribution in [2.24, 2.45) is 0 Å². The first-order chi connectivity index (χ1) is 19.5. The second kappa shape index (κ2) is 28.9. The molecule has 1 atom stereocenters. The normalized spacial score (nSPS) is 12.2. The fraction of sp³-hybridized carbons (Fsp3) is 0.909. The molecule has 40 heavy (non-hydrogen) atoms. The monoisotopic (exact) mass is 576 g/mol. The topological polar surface area (TPSA) is 109 Å². The highest BCUT2D eigenvalue weighted by molar-refractivity contribution is 7.90. The number of sulfonamides is 1. The lowest BCUT2D eigenvalue weighted by atomic mass is 10.1. The van der Waals surface area contributed by atoms with Gasteiger partial charge in [-0.1, -0.05) is 129 Å². The third-order valence-corrected chi connectivity index (χ3v) is 9.97. The quantitative estimate of drug-likeness (QED) is 0.0790. The predicted molar refractivity (Wildman–Crippen MR) is 167 cm³/mol. The SMILES string of the molecule is CCCCCCCCCC(C#N)S(=O)(=O)N(CCCCCCCCCCC#N)CCCCCCCCCCC#N. The molecule has 0 fully saturated rings. The number of hydrogen-bond donors (Lipinski definition) is 0. The van der Waals surface area contributed by atoms with Gasteiger partial charge in [-0.2, -0.15) is 15.8 Å². The zero-order chi connectivity index (χ0) is 29.6. The summed E-state index contributed by atoms with van der Waals surface area (Å²) in [4.78, 5) is 0. The summed E-state index contributed by atoms with van der Waals surface area (Å²) in [5.41, 5.74) is 0. The highest BCUT2D eigenvalue weighted by Crippen LogP contribution is 2.20. The van der Waals surface area contributed by atoms with Gasteiger partial charge in [-0.15, -0.1) is 0 Å². The van der Waals surface area contributed by atoms with Gasteiger partial charge in [-0.25, -0.2) is 12.7 Å². The summed E-state index contributed by atoms with van der Waals surface area (Å²) in [5.74, 6) is 0. The van der Waals surface area contributed by atoms with Gasteiger partial charge < -0.3 is 0 Å². The van der Waals surface area contributed by atoms with Crippen LogP contribution >= 0.6 is 0 Å². The fourth-order valence-corrected chi connectivity index (χ4v) is 6.94. The molecule has 0 spiro atoms. The summed E-state index contributed by atoms with van der Waals surface area (Å²) in [7, 11) is -3.62. The molecule has 0 aliphatic heterocycles. The minimum atomic E-state index is -3.62. The van der Waals surface area contributed by atoms with E-state index in [1.165, 1.54) is 51.4 Å². The van der Waals surface area contributed by atoms with E-state index >= 15 is 0 Å². The molecule has 1 unspecified atom stereocenters. The van der Waals surface area contributed by atoms with E-state index in [4.69, 9.17) is 10.5 Å². The van der Waals surface area contributed by atoms with Crippen molar-refractivity contribution < 1.29 is 8.42 Å². The predicted octanol–water partition coefficient (Wildman–Crippen LogP) is 9.72. The molecule has 0 bridgehead atoms. The number of nitriles is 3. The van der Waals surface area contributed by atoms with Crippen molar-refractivity contribution in [3.05, 3.63) is 0 Å². The summed E-state index contributed by atoms with van der Waals surface area (Å²) < 4.78 is 28.7. The molecule has 0 aliphatic rings. The summed E-state index contributed by atoms with van der Waals surface area (Å²) in [6, 6.07) is 6.54. The van der Waals surface area contributed by atoms with E-state index in [1.807, 2.05) is 0 Å². The molecule has 0 aromatic heterocycles. The van der Waals surface area contributed by atoms with Crippen molar-refractivity contribution in [1.29, 1.82) is 15.8 Å². The second-order valence-corrected chi connectivity index (χ2v) is 13.6. The maximum Gasteiger partial charge on any atom is 0.230 e. The Morgan fingerprint density at radius 1 is 0.525 bits per heavy atom. The molecule has 0 aliphatic carbocycles. The van der Waals surface area contributed by atoms with Crippen molar-refractivity contribution in [3.8, 4) is 18.2 Å². The molecule has 6 nitrogen and oxygen atoms in total. The Balaban J connectivity index is 4.60. The molecule has 0 N–H and O–H groups in total. The Kier molecular flexibility index (Phi) is 27.7. The Hall–Kier alpha value is -1.62. The zero-order valence-corrected chi connectivity index (χ0v) is 26.7. The van der Waals surface area contributed by atoms with Crippen LogP contribution < -0.4 is 0 Å². The highest BCUT2D eigenvalue weighted by atomic mass is 32.2. The summed E-state index contributed by atoms with van der Waals surface area (Å²) in [6.07, 6.45) is 26.8. The van der Waals surface area contributed by atoms with Gasteiger partial charge in [-0.3, -0.25) is 0 Å². The molecular formula is C33H60N4O2S. The van der Waals surface area contributed by atoms with E-state index in [0.717, 1.165) is 96.3 Å². The van der Waals surface area contributed by atoms with Crippen molar-refractivity contribution in [1.82, 2.24) is 4.31 Å². The van der Waals surface area contributed by atoms with Crippen LogP contribution in [0.2, 0.25) is 0 Å². The standard InChI is InChI=1S/C33H60N4O2S/c1-2-3-4-5-12-17-22-27-33(32-36)40(38,39)37(30-25-20-15-10-6-8-13-18-23-28-34)31-26-21-16-11-7-9-14-19-24-29-35/h33H,2-27,30-31H2,1H3. The van der Waals surface area contributed by atoms with Crippen molar-refractivity contribution in [3.63, 3.8) is 0 Å². The van der Waals surface area contributed by atoms with E-state index in [-0.39, 0.29) is 0 Å². The molecule has 0 rings (SSSR count). The molecule has 0 aromatic rings. The molecule has 0 saturated carbocycles. The van der Waals surface area contributed by atoms with Gasteiger partial charge in [0.05, 0.1) is 18.2 Å². The third kappa shape index (κ3) is 22.1. The van der Waals surface area contributed by atoms with Crippen molar-refractivity contribution in [2.75, 3.05) is 13.1 Å². The third-order valence-electron chi connectivity index (χ3n) is 7.83. The maximum absolute atomic E-state index is 13.5. The minimum absolute atomic E-state index is 0.445. The van der Waals surface area contributed by atoms with Gasteiger partial charge in [0.25, 0.3) is 0 Å². The lowest BCUT2D eigenvalue weighted by Gasteiger charge is -2.25. The number of rotatable bonds is 30. The second-order valence-electron chi connectivity index (χ2n) is 11.4. The van der Waals surface area contributed by atoms with Crippen molar-refractivity contribution in [2.45, 2.75) is 179 Å². The Morgan fingerprint density at radius 3 is 1.25 bits per heavy atom. The first-order valence-corrected chi connectivity index (χ1v) is 18.2. The summed E-state index contributed by atoms with van der Waals surface area (Å²) in [6.45, 7) is 3.26. The molecular weight excluding hydrogens is 516 g/mol. The van der Waals surface area contributed by atoms with E-state index in [1.54, 1.807) is 4.31 Å². The van der Waals surface area contributed by atoms with E-state index in [2.05, 4.69) is 25.1 Å². The zero-order valence-electron chi connectivity index (χ0n) is 25.9. The van der Waals surface area contributed by atoms with Crippen LogP contribution in [0, 0.1) is 34.0 Å². The first kappa shape index (κ1) is 38.4. The fourth-order valence-electron chi connectivity index (χ4n) is 5.22. The number of nitrogens with zero attached hydrogens (tertiary/aromatic N) is 4. The van der Waals surface area contributed by atoms with Crippen LogP contribution in [0.1, 0.15) is 174 Å². The van der Waals surface area contributed by atoms with Gasteiger partial charge in [0.1, 0.15) is 0 Å². The van der Waals surface area contributed by atoms with Crippen LogP contribution in [0.4, 0.5) is 0 Å². The number of hydrogen-bond acceptors (Lipinski definition) is 5. The van der Waals surface area contributed by atoms with Crippen molar-refractivity contribution >= 4 is 10.0 Å². The van der Waals surface area contributed by atoms with Crippen LogP contribution in [-0.2, 0) is 10.0 Å². The smallest absolute Gasteiger partial charge is 0.211 e. The van der Waals surface area contributed by atoms with Crippen LogP contribution in [0.15, 0.2) is 0 Å². The highest BCUT2D eigenvalue weighted by Gasteiger charge is 2.31. The minimum Gasteiger partial charge on any atom is -0.211 e. The van der Waals surface area contributed by atoms with Gasteiger partial charge in [-0.05, 0) is 32.1 Å². The largest absolute Gasteiger partial charge is 0.230 e. The molecule has 0 aromatic carbocycles. The van der Waals surface area contributed by atoms with E-state index < -0.39 is 15.3 Å². The lowest BCUT2D eigenvalue weighted by molar-refractivity contribution is 0.378. The number of unbranched alkanes of at least 4 members (excludes halogenated alkanes) is 22. The van der Waals surface area contributed by atoms with Gasteiger partial charge in [0.2, 0.25) is 10.0 Å². The van der Waals surface area contributed by atoms with Crippen LogP contribution in [0.25, 0.3) is 0 Å². The van der Waals surface area contributed by atoms with E-state index in [9.17, 15) is 13.7 Å². The molecule has 0 radical (unpaired) electrons. The Labute approximate surface area is 248 Å². The average Bonchev–Trinajstić information content (AvgIpc) is 2.95. The molecule has 0 amide bonds. The Morgan fingerprint density at radius 2 is 0.875 bits per heavy atom. The molecule has 230 valence electrons. The average molecular weight is 577 g/mol. The maximum atomic E-state index is 13.5. The van der Waals surface area contributed by atoms with Crippen LogP contribution in [-0.4, -0.2) is 31.1 Å². The Bertz CT molecular complexity index is 761. The molecule has 0 heterocycles. The van der Waals surface area contributed by atoms with Gasteiger partial charge >= 0.3 is 0 Å². The first-order valence-electron chi connectivity index (χ1n) is 16.7.